The number of carboxylic acid groups (broad SMARTS) is 1. The summed E-state index contributed by atoms with van der Waals surface area (Å²) in [5, 5.41) is 39.7. The van der Waals surface area contributed by atoms with Gasteiger partial charge in [-0.2, -0.15) is 0 Å². The van der Waals surface area contributed by atoms with Crippen LogP contribution in [0.1, 0.15) is 10.4 Å². The van der Waals surface area contributed by atoms with Crippen molar-refractivity contribution in [1.29, 1.82) is 0 Å². The van der Waals surface area contributed by atoms with E-state index in [1.165, 1.54) is 0 Å². The third-order valence-electron chi connectivity index (χ3n) is 3.19. The summed E-state index contributed by atoms with van der Waals surface area (Å²) < 4.78 is 1.03. The van der Waals surface area contributed by atoms with Gasteiger partial charge in [0.1, 0.15) is 5.41 Å². The molecule has 0 bridgehead atoms. The summed E-state index contributed by atoms with van der Waals surface area (Å²) in [4.78, 5) is 23.7. The number of hydrogen-bond donors (Lipinski definition) is 6. The summed E-state index contributed by atoms with van der Waals surface area (Å²) in [6, 6.07) is 0. The molecule has 7 N–H and O–H groups in total. The minimum Gasteiger partial charge on any atom is -0.478 e. The number of halogens is 3. The average molecular weight is 662 g/mol. The van der Waals surface area contributed by atoms with Crippen molar-refractivity contribution in [3.63, 3.8) is 0 Å². The Hall–Kier alpha value is 0.0300. The zero-order valence-electron chi connectivity index (χ0n) is 11.4. The first-order valence-electron chi connectivity index (χ1n) is 6.00. The molecule has 128 valence electrons. The molecule has 0 aliphatic carbocycles. The Labute approximate surface area is 172 Å². The number of aliphatic hydroxyl groups is 3. The number of carbonyl (C=O) groups excluding carboxylic acids is 1. The number of rotatable bonds is 6. The minimum atomic E-state index is -1.78. The molecular weight excluding hydrogens is 649 g/mol. The molecule has 1 amide bonds. The molecule has 11 heteroatoms. The molecule has 1 aromatic carbocycles. The molecule has 0 fully saturated rings. The SMILES string of the molecule is Nc1c(I)c(NC(=O)C(CO)(CO)CO)c(I)c(C(=O)O)c1I. The highest BCUT2D eigenvalue weighted by Gasteiger charge is 2.38. The highest BCUT2D eigenvalue weighted by Crippen LogP contribution is 2.37. The maximum absolute atomic E-state index is 12.3. The molecule has 0 aliphatic heterocycles. The Morgan fingerprint density at radius 2 is 1.48 bits per heavy atom. The predicted octanol–water partition coefficient (Wildman–Crippen LogP) is 0.683. The van der Waals surface area contributed by atoms with Crippen LogP contribution in [0.4, 0.5) is 11.4 Å². The van der Waals surface area contributed by atoms with Gasteiger partial charge in [-0.25, -0.2) is 4.79 Å². The number of anilines is 2. The number of amides is 1. The van der Waals surface area contributed by atoms with Gasteiger partial charge in [-0.1, -0.05) is 0 Å². The fourth-order valence-corrected chi connectivity index (χ4v) is 5.49. The molecule has 0 unspecified atom stereocenters. The highest BCUT2D eigenvalue weighted by atomic mass is 127. The Kier molecular flexibility index (Phi) is 7.71. The van der Waals surface area contributed by atoms with E-state index in [9.17, 15) is 30.0 Å². The number of hydrogen-bond acceptors (Lipinski definition) is 6. The zero-order chi connectivity index (χ0) is 17.9. The van der Waals surface area contributed by atoms with E-state index < -0.39 is 37.1 Å². The van der Waals surface area contributed by atoms with Gasteiger partial charge >= 0.3 is 5.97 Å². The highest BCUT2D eigenvalue weighted by molar-refractivity contribution is 14.1. The van der Waals surface area contributed by atoms with Crippen LogP contribution >= 0.6 is 67.8 Å². The smallest absolute Gasteiger partial charge is 0.338 e. The minimum absolute atomic E-state index is 0.0537. The fraction of sp³-hybridized carbons (Fsp3) is 0.333. The lowest BCUT2D eigenvalue weighted by molar-refractivity contribution is -0.134. The first-order chi connectivity index (χ1) is 10.7. The summed E-state index contributed by atoms with van der Waals surface area (Å²) >= 11 is 5.45. The van der Waals surface area contributed by atoms with Crippen LogP contribution in [-0.2, 0) is 4.79 Å². The molecule has 0 saturated heterocycles. The average Bonchev–Trinajstić information content (AvgIpc) is 2.51. The molecule has 8 nitrogen and oxygen atoms in total. The van der Waals surface area contributed by atoms with Crippen LogP contribution in [0.5, 0.6) is 0 Å². The largest absolute Gasteiger partial charge is 0.478 e. The van der Waals surface area contributed by atoms with Crippen LogP contribution in [0.25, 0.3) is 0 Å². The zero-order valence-corrected chi connectivity index (χ0v) is 17.9. The number of aliphatic hydroxyl groups excluding tert-OH is 3. The normalized spacial score (nSPS) is 11.4. The van der Waals surface area contributed by atoms with E-state index in [0.717, 1.165) is 0 Å². The van der Waals surface area contributed by atoms with Crippen molar-refractivity contribution in [2.45, 2.75) is 0 Å². The number of carboxylic acids is 1. The van der Waals surface area contributed by atoms with E-state index in [-0.39, 0.29) is 20.5 Å². The van der Waals surface area contributed by atoms with Crippen LogP contribution in [0.15, 0.2) is 0 Å². The van der Waals surface area contributed by atoms with Crippen molar-refractivity contribution in [3.8, 4) is 0 Å². The standard InChI is InChI=1S/C12H13I3N2O6/c13-5-4(10(21)22)6(14)9(7(15)8(5)16)17-11(23)12(1-18,2-19)3-20/h18-20H,1-3,16H2,(H,17,23)(H,21,22). The van der Waals surface area contributed by atoms with E-state index in [2.05, 4.69) is 5.32 Å². The maximum Gasteiger partial charge on any atom is 0.338 e. The molecule has 0 saturated carbocycles. The number of carbonyl (C=O) groups is 2. The van der Waals surface area contributed by atoms with Crippen LogP contribution in [-0.4, -0.2) is 52.1 Å². The fourth-order valence-electron chi connectivity index (χ4n) is 1.59. The number of nitrogens with one attached hydrogen (secondary N) is 1. The second-order valence-electron chi connectivity index (χ2n) is 4.62. The van der Waals surface area contributed by atoms with Crippen LogP contribution in [0.3, 0.4) is 0 Å². The van der Waals surface area contributed by atoms with E-state index in [0.29, 0.717) is 7.14 Å². The van der Waals surface area contributed by atoms with Crippen molar-refractivity contribution in [1.82, 2.24) is 0 Å². The van der Waals surface area contributed by atoms with Gasteiger partial charge in [0.05, 0.1) is 47.5 Å². The Bertz CT molecular complexity index is 640. The molecule has 1 rings (SSSR count). The van der Waals surface area contributed by atoms with Gasteiger partial charge in [-0.05, 0) is 67.8 Å². The van der Waals surface area contributed by atoms with E-state index in [1.807, 2.05) is 45.2 Å². The quantitative estimate of drug-likeness (QED) is 0.194. The number of benzene rings is 1. The molecule has 0 atom stereocenters. The van der Waals surface area contributed by atoms with Crippen LogP contribution < -0.4 is 11.1 Å². The summed E-state index contributed by atoms with van der Waals surface area (Å²) in [5.41, 5.74) is 4.41. The second-order valence-corrected chi connectivity index (χ2v) is 7.86. The van der Waals surface area contributed by atoms with Crippen molar-refractivity contribution < 1.29 is 30.0 Å². The van der Waals surface area contributed by atoms with Gasteiger partial charge in [0.15, 0.2) is 0 Å². The van der Waals surface area contributed by atoms with Crippen molar-refractivity contribution >= 4 is 91.0 Å². The maximum atomic E-state index is 12.3. The first-order valence-corrected chi connectivity index (χ1v) is 9.23. The molecule has 23 heavy (non-hydrogen) atoms. The Morgan fingerprint density at radius 1 is 1.00 bits per heavy atom. The lowest BCUT2D eigenvalue weighted by Gasteiger charge is -2.27. The van der Waals surface area contributed by atoms with Crippen molar-refractivity contribution in [2.75, 3.05) is 30.9 Å². The number of aromatic carboxylic acids is 1. The summed E-state index contributed by atoms with van der Waals surface area (Å²) in [5.74, 6) is -2.03. The Balaban J connectivity index is 3.45. The van der Waals surface area contributed by atoms with Crippen LogP contribution in [0.2, 0.25) is 0 Å². The Morgan fingerprint density at radius 3 is 1.87 bits per heavy atom. The summed E-state index contributed by atoms with van der Waals surface area (Å²) in [6.45, 7) is -2.32. The van der Waals surface area contributed by atoms with E-state index in [1.54, 1.807) is 22.6 Å². The molecule has 0 aromatic heterocycles. The second kappa shape index (κ2) is 8.41. The summed E-state index contributed by atoms with van der Waals surface area (Å²) in [6.07, 6.45) is 0. The van der Waals surface area contributed by atoms with Crippen molar-refractivity contribution in [3.05, 3.63) is 16.3 Å². The van der Waals surface area contributed by atoms with E-state index in [4.69, 9.17) is 5.73 Å². The molecule has 0 spiro atoms. The predicted molar refractivity (Wildman–Crippen MR) is 108 cm³/mol. The van der Waals surface area contributed by atoms with Crippen molar-refractivity contribution in [2.24, 2.45) is 5.41 Å². The number of nitrogen functional groups attached to an aromatic ring is 1. The van der Waals surface area contributed by atoms with Gasteiger partial charge < -0.3 is 31.5 Å². The molecule has 0 radical (unpaired) electrons. The topological polar surface area (TPSA) is 153 Å². The monoisotopic (exact) mass is 662 g/mol. The summed E-state index contributed by atoms with van der Waals surface area (Å²) in [7, 11) is 0. The molecule has 1 aromatic rings. The van der Waals surface area contributed by atoms with Crippen LogP contribution in [0, 0.1) is 16.1 Å². The first kappa shape index (κ1) is 21.1. The molecule has 0 aliphatic rings. The third-order valence-corrected chi connectivity index (χ3v) is 6.51. The van der Waals surface area contributed by atoms with E-state index >= 15 is 0 Å². The van der Waals surface area contributed by atoms with Gasteiger partial charge in [-0.3, -0.25) is 4.79 Å². The third kappa shape index (κ3) is 4.00. The lowest BCUT2D eigenvalue weighted by atomic mass is 9.90. The van der Waals surface area contributed by atoms with Gasteiger partial charge in [0.2, 0.25) is 5.91 Å². The number of nitrogens with two attached hydrogens (primary N) is 1. The van der Waals surface area contributed by atoms with Gasteiger partial charge in [0.25, 0.3) is 0 Å². The van der Waals surface area contributed by atoms with Gasteiger partial charge in [-0.15, -0.1) is 0 Å². The lowest BCUT2D eigenvalue weighted by Crippen LogP contribution is -2.45. The van der Waals surface area contributed by atoms with Gasteiger partial charge in [0, 0.05) is 0 Å². The molecule has 0 heterocycles. The molecular formula is C12H13I3N2O6.